The summed E-state index contributed by atoms with van der Waals surface area (Å²) in [4.78, 5) is 12.0. The van der Waals surface area contributed by atoms with Gasteiger partial charge in [0.2, 0.25) is 5.95 Å². The summed E-state index contributed by atoms with van der Waals surface area (Å²) >= 11 is 0. The predicted octanol–water partition coefficient (Wildman–Crippen LogP) is 0.426. The normalized spacial score (nSPS) is 14.6. The Morgan fingerprint density at radius 2 is 2.37 bits per heavy atom. The van der Waals surface area contributed by atoms with E-state index in [1.807, 2.05) is 0 Å². The molecule has 2 heterocycles. The lowest BCUT2D eigenvalue weighted by Crippen LogP contribution is -2.15. The van der Waals surface area contributed by atoms with Crippen LogP contribution in [0.2, 0.25) is 0 Å². The molecule has 100 valence electrons. The van der Waals surface area contributed by atoms with Gasteiger partial charge in [-0.05, 0) is 23.3 Å². The lowest BCUT2D eigenvalue weighted by atomic mass is 10.3. The molecule has 8 nitrogen and oxygen atoms in total. The van der Waals surface area contributed by atoms with E-state index in [0.29, 0.717) is 11.5 Å². The van der Waals surface area contributed by atoms with E-state index in [0.717, 1.165) is 12.8 Å². The van der Waals surface area contributed by atoms with Crippen LogP contribution in [0, 0.1) is 0 Å². The number of halogens is 1. The van der Waals surface area contributed by atoms with Crippen LogP contribution in [0.25, 0.3) is 0 Å². The van der Waals surface area contributed by atoms with Gasteiger partial charge in [0.05, 0.1) is 24.3 Å². The van der Waals surface area contributed by atoms with Crippen molar-refractivity contribution in [3.63, 3.8) is 0 Å². The van der Waals surface area contributed by atoms with Crippen LogP contribution < -0.4 is 5.32 Å². The number of aryl methyl sites for hydroxylation is 1. The van der Waals surface area contributed by atoms with E-state index in [1.165, 1.54) is 17.1 Å². The highest BCUT2D eigenvalue weighted by molar-refractivity contribution is 6.02. The van der Waals surface area contributed by atoms with Gasteiger partial charge in [0.1, 0.15) is 6.67 Å². The molecule has 2 aromatic heterocycles. The molecule has 19 heavy (non-hydrogen) atoms. The summed E-state index contributed by atoms with van der Waals surface area (Å²) in [5.41, 5.74) is 0.346. The highest BCUT2D eigenvalue weighted by Gasteiger charge is 2.28. The fourth-order valence-corrected chi connectivity index (χ4v) is 1.70. The van der Waals surface area contributed by atoms with Gasteiger partial charge in [0.25, 0.3) is 5.91 Å². The molecule has 1 saturated carbocycles. The van der Waals surface area contributed by atoms with Gasteiger partial charge in [0, 0.05) is 6.20 Å². The van der Waals surface area contributed by atoms with Gasteiger partial charge >= 0.3 is 0 Å². The molecule has 0 saturated heterocycles. The van der Waals surface area contributed by atoms with Crippen molar-refractivity contribution in [1.82, 2.24) is 30.0 Å². The first kappa shape index (κ1) is 11.8. The number of carbonyl (C=O) groups is 1. The molecule has 0 bridgehead atoms. The van der Waals surface area contributed by atoms with E-state index < -0.39 is 6.67 Å². The second kappa shape index (κ2) is 4.75. The first-order valence-corrected chi connectivity index (χ1v) is 5.95. The van der Waals surface area contributed by atoms with Gasteiger partial charge in [-0.2, -0.15) is 5.10 Å². The highest BCUT2D eigenvalue weighted by atomic mass is 19.1. The number of hydrogen-bond donors (Lipinski definition) is 1. The van der Waals surface area contributed by atoms with Crippen LogP contribution in [0.5, 0.6) is 0 Å². The van der Waals surface area contributed by atoms with Gasteiger partial charge in [-0.1, -0.05) is 5.10 Å². The maximum absolute atomic E-state index is 12.2. The first-order valence-electron chi connectivity index (χ1n) is 5.95. The number of amides is 1. The maximum Gasteiger partial charge on any atom is 0.261 e. The summed E-state index contributed by atoms with van der Waals surface area (Å²) in [5.74, 6) is -0.0347. The maximum atomic E-state index is 12.2. The number of carbonyl (C=O) groups excluding carboxylic acids is 1. The second-order valence-corrected chi connectivity index (χ2v) is 4.31. The zero-order valence-electron chi connectivity index (χ0n) is 10.0. The number of nitrogens with zero attached hydrogens (tertiary/aromatic N) is 6. The Kier molecular flexibility index (Phi) is 2.94. The molecular formula is C10H12FN7O. The van der Waals surface area contributed by atoms with Crippen LogP contribution in [0.3, 0.4) is 0 Å². The number of anilines is 1. The minimum absolute atomic E-state index is 0.132. The van der Waals surface area contributed by atoms with Crippen molar-refractivity contribution in [3.8, 4) is 0 Å². The average molecular weight is 265 g/mol. The summed E-state index contributed by atoms with van der Waals surface area (Å²) in [5, 5.41) is 17.6. The molecule has 3 rings (SSSR count). The molecule has 2 aromatic rings. The van der Waals surface area contributed by atoms with Crippen molar-refractivity contribution >= 4 is 11.9 Å². The molecule has 1 N–H and O–H groups in total. The Balaban J connectivity index is 1.71. The number of nitrogens with one attached hydrogen (secondary N) is 1. The van der Waals surface area contributed by atoms with Gasteiger partial charge in [0.15, 0.2) is 0 Å². The molecule has 0 unspecified atom stereocenters. The Bertz CT molecular complexity index is 588. The lowest BCUT2D eigenvalue weighted by Gasteiger charge is -2.02. The molecule has 0 aromatic carbocycles. The molecular weight excluding hydrogens is 253 g/mol. The summed E-state index contributed by atoms with van der Waals surface area (Å²) in [7, 11) is 0. The van der Waals surface area contributed by atoms with Crippen LogP contribution in [-0.2, 0) is 6.54 Å². The van der Waals surface area contributed by atoms with E-state index in [-0.39, 0.29) is 18.5 Å². The van der Waals surface area contributed by atoms with Gasteiger partial charge in [-0.25, -0.2) is 9.07 Å². The van der Waals surface area contributed by atoms with Crippen molar-refractivity contribution < 1.29 is 9.18 Å². The Morgan fingerprint density at radius 3 is 3.11 bits per heavy atom. The van der Waals surface area contributed by atoms with Crippen molar-refractivity contribution in [2.75, 3.05) is 12.0 Å². The molecule has 1 aliphatic carbocycles. The van der Waals surface area contributed by atoms with E-state index in [9.17, 15) is 9.18 Å². The van der Waals surface area contributed by atoms with E-state index >= 15 is 0 Å². The lowest BCUT2D eigenvalue weighted by molar-refractivity contribution is 0.102. The zero-order valence-corrected chi connectivity index (χ0v) is 10.0. The summed E-state index contributed by atoms with van der Waals surface area (Å²) in [6, 6.07) is 0.277. The van der Waals surface area contributed by atoms with Crippen LogP contribution >= 0.6 is 0 Å². The molecule has 0 atom stereocenters. The third-order valence-corrected chi connectivity index (χ3v) is 2.82. The van der Waals surface area contributed by atoms with Crippen molar-refractivity contribution in [2.24, 2.45) is 0 Å². The fraction of sp³-hybridized carbons (Fsp3) is 0.500. The highest BCUT2D eigenvalue weighted by Crippen LogP contribution is 2.35. The summed E-state index contributed by atoms with van der Waals surface area (Å²) in [6.07, 6.45) is 4.90. The quantitative estimate of drug-likeness (QED) is 0.846. The largest absolute Gasteiger partial charge is 0.289 e. The van der Waals surface area contributed by atoms with E-state index in [4.69, 9.17) is 0 Å². The SMILES string of the molecule is O=C(Nc1nnnn1C1CC1)c1cnn(CCF)c1. The molecule has 0 radical (unpaired) electrons. The van der Waals surface area contributed by atoms with Crippen LogP contribution in [0.1, 0.15) is 29.2 Å². The van der Waals surface area contributed by atoms with Gasteiger partial charge in [-0.15, -0.1) is 0 Å². The van der Waals surface area contributed by atoms with Crippen molar-refractivity contribution in [2.45, 2.75) is 25.4 Å². The predicted molar refractivity (Wildman–Crippen MR) is 62.2 cm³/mol. The molecule has 9 heteroatoms. The number of aromatic nitrogens is 6. The molecule has 0 aliphatic heterocycles. The minimum Gasteiger partial charge on any atom is -0.289 e. The minimum atomic E-state index is -0.525. The standard InChI is InChI=1S/C10H12FN7O/c11-3-4-17-6-7(5-12-17)9(19)13-10-14-15-16-18(10)8-1-2-8/h5-6,8H,1-4H2,(H,13,14,16,19). The number of rotatable bonds is 5. The van der Waals surface area contributed by atoms with E-state index in [2.05, 4.69) is 25.9 Å². The second-order valence-electron chi connectivity index (χ2n) is 4.31. The Labute approximate surface area is 107 Å². The van der Waals surface area contributed by atoms with Crippen LogP contribution in [-0.4, -0.2) is 42.6 Å². The topological polar surface area (TPSA) is 90.5 Å². The Hall–Kier alpha value is -2.32. The zero-order chi connectivity index (χ0) is 13.2. The molecule has 1 aliphatic rings. The monoisotopic (exact) mass is 265 g/mol. The summed E-state index contributed by atoms with van der Waals surface area (Å²) < 4.78 is 15.1. The Morgan fingerprint density at radius 1 is 1.53 bits per heavy atom. The van der Waals surface area contributed by atoms with Crippen LogP contribution in [0.4, 0.5) is 10.3 Å². The van der Waals surface area contributed by atoms with Crippen molar-refractivity contribution in [3.05, 3.63) is 18.0 Å². The number of hydrogen-bond acceptors (Lipinski definition) is 5. The number of alkyl halides is 1. The van der Waals surface area contributed by atoms with Gasteiger partial charge < -0.3 is 0 Å². The smallest absolute Gasteiger partial charge is 0.261 e. The first-order chi connectivity index (χ1) is 9.28. The fourth-order valence-electron chi connectivity index (χ4n) is 1.70. The number of tetrazole rings is 1. The van der Waals surface area contributed by atoms with Gasteiger partial charge in [-0.3, -0.25) is 14.8 Å². The average Bonchev–Trinajstić information content (AvgIpc) is 2.96. The molecule has 1 amide bonds. The van der Waals surface area contributed by atoms with E-state index in [1.54, 1.807) is 4.68 Å². The van der Waals surface area contributed by atoms with Crippen molar-refractivity contribution in [1.29, 1.82) is 0 Å². The third-order valence-electron chi connectivity index (χ3n) is 2.82. The molecule has 0 spiro atoms. The van der Waals surface area contributed by atoms with Crippen LogP contribution in [0.15, 0.2) is 12.4 Å². The molecule has 1 fully saturated rings. The summed E-state index contributed by atoms with van der Waals surface area (Å²) in [6.45, 7) is -0.393. The third kappa shape index (κ3) is 2.44.